The van der Waals surface area contributed by atoms with E-state index in [1.165, 1.54) is 0 Å². The van der Waals surface area contributed by atoms with Gasteiger partial charge in [-0.05, 0) is 47.7 Å². The summed E-state index contributed by atoms with van der Waals surface area (Å²) < 4.78 is 26.2. The van der Waals surface area contributed by atoms with Crippen LogP contribution in [0.4, 0.5) is 5.95 Å². The molecule has 0 spiro atoms. The summed E-state index contributed by atoms with van der Waals surface area (Å²) >= 11 is 3.42. The summed E-state index contributed by atoms with van der Waals surface area (Å²) in [6, 6.07) is 15.4. The third-order valence-corrected chi connectivity index (χ3v) is 6.53. The summed E-state index contributed by atoms with van der Waals surface area (Å²) in [5.41, 5.74) is 9.86. The maximum absolute atomic E-state index is 12.5. The molecule has 0 unspecified atom stereocenters. The van der Waals surface area contributed by atoms with Crippen LogP contribution in [0.15, 0.2) is 53.5 Å². The molecule has 0 aliphatic rings. The lowest BCUT2D eigenvalue weighted by Gasteiger charge is -2.11. The normalized spacial score (nSPS) is 12.9. The molecule has 0 saturated carbocycles. The molecule has 0 aliphatic carbocycles. The SMILES string of the molecule is CC(C)S(=O)(=O)n1c(N)nc2cc(C(=CBr)c3ccccc3)ccc21. The van der Waals surface area contributed by atoms with Crippen molar-refractivity contribution in [2.75, 3.05) is 5.73 Å². The summed E-state index contributed by atoms with van der Waals surface area (Å²) in [7, 11) is -3.58. The Balaban J connectivity index is 2.18. The molecule has 0 bridgehead atoms. The lowest BCUT2D eigenvalue weighted by Crippen LogP contribution is -2.23. The Morgan fingerprint density at radius 1 is 1.16 bits per heavy atom. The number of nitrogens with zero attached hydrogens (tertiary/aromatic N) is 2. The number of fused-ring (bicyclic) bond motifs is 1. The Morgan fingerprint density at radius 2 is 1.84 bits per heavy atom. The highest BCUT2D eigenvalue weighted by atomic mass is 79.9. The number of imidazole rings is 1. The van der Waals surface area contributed by atoms with Gasteiger partial charge in [-0.1, -0.05) is 52.3 Å². The number of hydrogen-bond acceptors (Lipinski definition) is 4. The van der Waals surface area contributed by atoms with E-state index >= 15 is 0 Å². The van der Waals surface area contributed by atoms with Gasteiger partial charge in [-0.2, -0.15) is 0 Å². The molecule has 2 N–H and O–H groups in total. The Bertz CT molecular complexity index is 1050. The molecule has 0 saturated heterocycles. The second-order valence-corrected chi connectivity index (χ2v) is 8.72. The first kappa shape index (κ1) is 17.7. The molecule has 130 valence electrons. The van der Waals surface area contributed by atoms with Crippen LogP contribution >= 0.6 is 15.9 Å². The lowest BCUT2D eigenvalue weighted by atomic mass is 9.99. The van der Waals surface area contributed by atoms with Gasteiger partial charge in [-0.3, -0.25) is 0 Å². The number of hydrogen-bond donors (Lipinski definition) is 1. The zero-order valence-corrected chi connectivity index (χ0v) is 16.3. The van der Waals surface area contributed by atoms with E-state index < -0.39 is 15.3 Å². The number of halogens is 1. The predicted molar refractivity (Wildman–Crippen MR) is 106 cm³/mol. The third-order valence-electron chi connectivity index (χ3n) is 3.99. The van der Waals surface area contributed by atoms with E-state index in [2.05, 4.69) is 20.9 Å². The summed E-state index contributed by atoms with van der Waals surface area (Å²) in [4.78, 5) is 6.09. The predicted octanol–water partition coefficient (Wildman–Crippen LogP) is 3.99. The van der Waals surface area contributed by atoms with Crippen LogP contribution in [-0.4, -0.2) is 22.6 Å². The Morgan fingerprint density at radius 3 is 2.44 bits per heavy atom. The van der Waals surface area contributed by atoms with E-state index in [4.69, 9.17) is 5.73 Å². The van der Waals surface area contributed by atoms with Crippen LogP contribution in [0, 0.1) is 0 Å². The van der Waals surface area contributed by atoms with E-state index in [0.29, 0.717) is 11.0 Å². The quantitative estimate of drug-likeness (QED) is 0.693. The fourth-order valence-corrected chi connectivity index (χ4v) is 4.31. The topological polar surface area (TPSA) is 78.0 Å². The van der Waals surface area contributed by atoms with E-state index in [0.717, 1.165) is 20.7 Å². The van der Waals surface area contributed by atoms with Crippen molar-refractivity contribution in [3.63, 3.8) is 0 Å². The van der Waals surface area contributed by atoms with Gasteiger partial charge in [0.2, 0.25) is 16.0 Å². The van der Waals surface area contributed by atoms with Gasteiger partial charge in [-0.25, -0.2) is 17.4 Å². The maximum Gasteiger partial charge on any atom is 0.244 e. The third kappa shape index (κ3) is 3.09. The molecule has 25 heavy (non-hydrogen) atoms. The van der Waals surface area contributed by atoms with Crippen LogP contribution in [0.3, 0.4) is 0 Å². The van der Waals surface area contributed by atoms with Crippen LogP contribution in [0.25, 0.3) is 16.6 Å². The first-order valence-electron chi connectivity index (χ1n) is 7.75. The van der Waals surface area contributed by atoms with Crippen molar-refractivity contribution >= 4 is 48.5 Å². The van der Waals surface area contributed by atoms with Crippen molar-refractivity contribution in [1.29, 1.82) is 0 Å². The number of benzene rings is 2. The molecule has 1 heterocycles. The monoisotopic (exact) mass is 419 g/mol. The molecule has 0 radical (unpaired) electrons. The molecule has 2 aromatic carbocycles. The van der Waals surface area contributed by atoms with Crippen molar-refractivity contribution in [2.24, 2.45) is 0 Å². The molecule has 0 aliphatic heterocycles. The van der Waals surface area contributed by atoms with Crippen molar-refractivity contribution in [3.8, 4) is 0 Å². The molecule has 0 atom stereocenters. The standard InChI is InChI=1S/C18H18BrN3O2S/c1-12(2)25(23,24)22-17-9-8-14(10-16(17)21-18(22)20)15(11-19)13-6-4-3-5-7-13/h3-12H,1-2H3,(H2,20,21). The highest BCUT2D eigenvalue weighted by Crippen LogP contribution is 2.29. The second-order valence-electron chi connectivity index (χ2n) is 5.92. The number of nitrogens with two attached hydrogens (primary N) is 1. The minimum absolute atomic E-state index is 0.0232. The lowest BCUT2D eigenvalue weighted by molar-refractivity contribution is 0.580. The Kier molecular flexibility index (Phi) is 4.71. The number of nitrogen functional groups attached to an aromatic ring is 1. The van der Waals surface area contributed by atoms with Crippen molar-refractivity contribution in [2.45, 2.75) is 19.1 Å². The smallest absolute Gasteiger partial charge is 0.244 e. The first-order chi connectivity index (χ1) is 11.9. The number of aromatic nitrogens is 2. The minimum atomic E-state index is -3.58. The molecule has 5 nitrogen and oxygen atoms in total. The molecule has 1 aromatic heterocycles. The van der Waals surface area contributed by atoms with Gasteiger partial charge in [0.15, 0.2) is 0 Å². The summed E-state index contributed by atoms with van der Waals surface area (Å²) in [5, 5.41) is -0.589. The van der Waals surface area contributed by atoms with Crippen LogP contribution in [0.5, 0.6) is 0 Å². The Labute approximate surface area is 155 Å². The number of rotatable bonds is 4. The van der Waals surface area contributed by atoms with E-state index in [-0.39, 0.29) is 5.95 Å². The summed E-state index contributed by atoms with van der Waals surface area (Å²) in [5.74, 6) is -0.0232. The average Bonchev–Trinajstić information content (AvgIpc) is 2.92. The number of anilines is 1. The fourth-order valence-electron chi connectivity index (χ4n) is 2.63. The molecular weight excluding hydrogens is 402 g/mol. The molecule has 3 aromatic rings. The maximum atomic E-state index is 12.5. The molecule has 0 amide bonds. The zero-order chi connectivity index (χ0) is 18.2. The van der Waals surface area contributed by atoms with E-state index in [1.807, 2.05) is 47.4 Å². The zero-order valence-electron chi connectivity index (χ0n) is 13.8. The van der Waals surface area contributed by atoms with Gasteiger partial charge in [-0.15, -0.1) is 0 Å². The summed E-state index contributed by atoms with van der Waals surface area (Å²) in [6.07, 6.45) is 0. The molecule has 0 fully saturated rings. The van der Waals surface area contributed by atoms with Gasteiger partial charge in [0.05, 0.1) is 16.3 Å². The molecular formula is C18H18BrN3O2S. The van der Waals surface area contributed by atoms with Crippen LogP contribution in [0.1, 0.15) is 25.0 Å². The van der Waals surface area contributed by atoms with Crippen molar-refractivity contribution < 1.29 is 8.42 Å². The summed E-state index contributed by atoms with van der Waals surface area (Å²) in [6.45, 7) is 3.24. The van der Waals surface area contributed by atoms with Gasteiger partial charge in [0, 0.05) is 0 Å². The fraction of sp³-hybridized carbons (Fsp3) is 0.167. The molecule has 7 heteroatoms. The average molecular weight is 420 g/mol. The molecule has 3 rings (SSSR count). The van der Waals surface area contributed by atoms with Crippen LogP contribution in [-0.2, 0) is 10.0 Å². The Hall–Kier alpha value is -2.12. The highest BCUT2D eigenvalue weighted by Gasteiger charge is 2.24. The van der Waals surface area contributed by atoms with Gasteiger partial charge in [0.1, 0.15) is 0 Å². The van der Waals surface area contributed by atoms with Crippen molar-refractivity contribution in [3.05, 3.63) is 64.6 Å². The largest absolute Gasteiger partial charge is 0.368 e. The van der Waals surface area contributed by atoms with Gasteiger partial charge in [0.25, 0.3) is 0 Å². The van der Waals surface area contributed by atoms with E-state index in [9.17, 15) is 8.42 Å². The van der Waals surface area contributed by atoms with E-state index in [1.54, 1.807) is 19.9 Å². The highest BCUT2D eigenvalue weighted by molar-refractivity contribution is 9.11. The first-order valence-corrected chi connectivity index (χ1v) is 10.2. The van der Waals surface area contributed by atoms with Crippen LogP contribution < -0.4 is 5.73 Å². The minimum Gasteiger partial charge on any atom is -0.368 e. The van der Waals surface area contributed by atoms with Gasteiger partial charge >= 0.3 is 0 Å². The van der Waals surface area contributed by atoms with Crippen LogP contribution in [0.2, 0.25) is 0 Å². The van der Waals surface area contributed by atoms with Crippen molar-refractivity contribution in [1.82, 2.24) is 8.96 Å². The van der Waals surface area contributed by atoms with Gasteiger partial charge < -0.3 is 5.73 Å². The second kappa shape index (κ2) is 6.65.